The van der Waals surface area contributed by atoms with Gasteiger partial charge in [-0.2, -0.15) is 0 Å². The summed E-state index contributed by atoms with van der Waals surface area (Å²) in [5.74, 6) is -0.157. The molecule has 1 atom stereocenters. The summed E-state index contributed by atoms with van der Waals surface area (Å²) in [6.07, 6.45) is 4.40. The van der Waals surface area contributed by atoms with E-state index >= 15 is 0 Å². The molecular weight excluding hydrogens is 260 g/mol. The zero-order chi connectivity index (χ0) is 13.8. The molecule has 5 heteroatoms. The van der Waals surface area contributed by atoms with E-state index in [1.54, 1.807) is 6.07 Å². The van der Waals surface area contributed by atoms with Gasteiger partial charge in [0.05, 0.1) is 21.4 Å². The van der Waals surface area contributed by atoms with E-state index < -0.39 is 10.8 Å². The molecule has 0 spiro atoms. The van der Waals surface area contributed by atoms with Gasteiger partial charge in [0.1, 0.15) is 5.75 Å². The molecule has 4 nitrogen and oxygen atoms in total. The van der Waals surface area contributed by atoms with Crippen LogP contribution >= 0.6 is 0 Å². The number of carbonyl (C=O) groups excluding carboxylic acids is 1. The van der Waals surface area contributed by atoms with Crippen molar-refractivity contribution in [2.45, 2.75) is 43.5 Å². The second-order valence-corrected chi connectivity index (χ2v) is 6.45. The number of rotatable bonds is 4. The normalized spacial score (nSPS) is 17.3. The molecule has 0 radical (unpaired) electrons. The number of hydrogen-bond acceptors (Lipinski definition) is 3. The van der Waals surface area contributed by atoms with Gasteiger partial charge in [-0.05, 0) is 31.4 Å². The van der Waals surface area contributed by atoms with Crippen LogP contribution in [0.4, 0.5) is 5.69 Å². The van der Waals surface area contributed by atoms with E-state index in [0.29, 0.717) is 10.6 Å². The van der Waals surface area contributed by atoms with Crippen LogP contribution in [0.3, 0.4) is 0 Å². The van der Waals surface area contributed by atoms with E-state index in [1.165, 1.54) is 12.8 Å². The summed E-state index contributed by atoms with van der Waals surface area (Å²) in [5.41, 5.74) is 7.31. The summed E-state index contributed by atoms with van der Waals surface area (Å²) >= 11 is 0. The van der Waals surface area contributed by atoms with Gasteiger partial charge in [-0.15, -0.1) is 0 Å². The first-order valence-electron chi connectivity index (χ1n) is 6.61. The number of carbonyl (C=O) groups is 1. The predicted molar refractivity (Wildman–Crippen MR) is 77.3 cm³/mol. The van der Waals surface area contributed by atoms with Gasteiger partial charge >= 0.3 is 0 Å². The molecule has 1 fully saturated rings. The lowest BCUT2D eigenvalue weighted by molar-refractivity contribution is -0.119. The van der Waals surface area contributed by atoms with Crippen molar-refractivity contribution in [1.82, 2.24) is 5.32 Å². The van der Waals surface area contributed by atoms with Crippen molar-refractivity contribution in [2.75, 3.05) is 11.5 Å². The van der Waals surface area contributed by atoms with Crippen LogP contribution in [-0.4, -0.2) is 21.9 Å². The Labute approximate surface area is 116 Å². The Morgan fingerprint density at radius 2 is 2.11 bits per heavy atom. The molecule has 1 aliphatic rings. The lowest BCUT2D eigenvalue weighted by atomic mass is 10.2. The lowest BCUT2D eigenvalue weighted by Crippen LogP contribution is -2.35. The second kappa shape index (κ2) is 6.19. The molecule has 0 heterocycles. The van der Waals surface area contributed by atoms with Gasteiger partial charge < -0.3 is 11.1 Å². The van der Waals surface area contributed by atoms with Gasteiger partial charge in [0.2, 0.25) is 5.91 Å². The predicted octanol–water partition coefficient (Wildman–Crippen LogP) is 1.74. The Balaban J connectivity index is 1.96. The van der Waals surface area contributed by atoms with Gasteiger partial charge in [0.25, 0.3) is 0 Å². The van der Waals surface area contributed by atoms with E-state index in [1.807, 2.05) is 19.1 Å². The van der Waals surface area contributed by atoms with E-state index in [-0.39, 0.29) is 17.7 Å². The molecule has 19 heavy (non-hydrogen) atoms. The third kappa shape index (κ3) is 3.56. The Morgan fingerprint density at radius 1 is 1.42 bits per heavy atom. The Bertz CT molecular complexity index is 496. The van der Waals surface area contributed by atoms with Gasteiger partial charge in [0, 0.05) is 6.04 Å². The van der Waals surface area contributed by atoms with Gasteiger partial charge in [0.15, 0.2) is 0 Å². The molecule has 0 aliphatic heterocycles. The average molecular weight is 280 g/mol. The van der Waals surface area contributed by atoms with Gasteiger partial charge in [-0.25, -0.2) is 0 Å². The quantitative estimate of drug-likeness (QED) is 0.825. The molecule has 2 rings (SSSR count). The third-order valence-corrected chi connectivity index (χ3v) is 4.88. The Morgan fingerprint density at radius 3 is 2.79 bits per heavy atom. The number of nitrogens with one attached hydrogen (secondary N) is 1. The van der Waals surface area contributed by atoms with E-state index in [2.05, 4.69) is 5.32 Å². The minimum atomic E-state index is -1.37. The van der Waals surface area contributed by atoms with E-state index in [0.717, 1.165) is 18.4 Å². The van der Waals surface area contributed by atoms with Crippen molar-refractivity contribution in [2.24, 2.45) is 0 Å². The molecule has 1 aromatic rings. The first kappa shape index (κ1) is 14.1. The van der Waals surface area contributed by atoms with Crippen LogP contribution in [0.25, 0.3) is 0 Å². The highest BCUT2D eigenvalue weighted by Gasteiger charge is 2.19. The van der Waals surface area contributed by atoms with Crippen molar-refractivity contribution in [3.63, 3.8) is 0 Å². The summed E-state index contributed by atoms with van der Waals surface area (Å²) < 4.78 is 12.2. The summed E-state index contributed by atoms with van der Waals surface area (Å²) in [4.78, 5) is 12.4. The number of amides is 1. The first-order valence-corrected chi connectivity index (χ1v) is 7.92. The number of anilines is 1. The van der Waals surface area contributed by atoms with Crippen molar-refractivity contribution in [3.8, 4) is 0 Å². The highest BCUT2D eigenvalue weighted by molar-refractivity contribution is 7.86. The summed E-state index contributed by atoms with van der Waals surface area (Å²) in [7, 11) is -1.37. The molecule has 1 amide bonds. The topological polar surface area (TPSA) is 72.2 Å². The molecule has 0 aromatic heterocycles. The molecule has 1 saturated carbocycles. The number of hydrogen-bond donors (Lipinski definition) is 2. The van der Waals surface area contributed by atoms with Crippen LogP contribution in [-0.2, 0) is 15.6 Å². The number of para-hydroxylation sites is 1. The molecule has 1 unspecified atom stereocenters. The van der Waals surface area contributed by atoms with Crippen LogP contribution < -0.4 is 11.1 Å². The zero-order valence-electron chi connectivity index (χ0n) is 11.1. The van der Waals surface area contributed by atoms with Crippen LogP contribution in [0.1, 0.15) is 31.2 Å². The first-order chi connectivity index (χ1) is 9.08. The van der Waals surface area contributed by atoms with Crippen LogP contribution in [0.2, 0.25) is 0 Å². The average Bonchev–Trinajstić information content (AvgIpc) is 2.85. The van der Waals surface area contributed by atoms with Crippen molar-refractivity contribution in [3.05, 3.63) is 23.8 Å². The van der Waals surface area contributed by atoms with Crippen LogP contribution in [0.5, 0.6) is 0 Å². The highest BCUT2D eigenvalue weighted by atomic mass is 32.2. The smallest absolute Gasteiger partial charge is 0.233 e. The maximum Gasteiger partial charge on any atom is 0.233 e. The minimum absolute atomic E-state index is 0.00977. The summed E-state index contributed by atoms with van der Waals surface area (Å²) in [5, 5.41) is 2.94. The molecule has 104 valence electrons. The fourth-order valence-electron chi connectivity index (χ4n) is 2.39. The van der Waals surface area contributed by atoms with E-state index in [9.17, 15) is 9.00 Å². The maximum absolute atomic E-state index is 12.2. The molecule has 1 aromatic carbocycles. The minimum Gasteiger partial charge on any atom is -0.398 e. The number of nitrogens with two attached hydrogens (primary N) is 1. The highest BCUT2D eigenvalue weighted by Crippen LogP contribution is 2.21. The van der Waals surface area contributed by atoms with Crippen LogP contribution in [0.15, 0.2) is 23.1 Å². The van der Waals surface area contributed by atoms with Gasteiger partial charge in [-0.1, -0.05) is 25.0 Å². The fraction of sp³-hybridized carbons (Fsp3) is 0.500. The van der Waals surface area contributed by atoms with Crippen molar-refractivity contribution < 1.29 is 9.00 Å². The van der Waals surface area contributed by atoms with E-state index in [4.69, 9.17) is 5.73 Å². The number of benzene rings is 1. The number of nitrogen functional groups attached to an aromatic ring is 1. The second-order valence-electron chi connectivity index (χ2n) is 5.03. The molecule has 1 aliphatic carbocycles. The summed E-state index contributed by atoms with van der Waals surface area (Å²) in [6, 6.07) is 5.67. The Kier molecular flexibility index (Phi) is 4.58. The molecule has 0 saturated heterocycles. The molecule has 0 bridgehead atoms. The molecular formula is C14H20N2O2S. The zero-order valence-corrected chi connectivity index (χ0v) is 12.0. The third-order valence-electron chi connectivity index (χ3n) is 3.51. The lowest BCUT2D eigenvalue weighted by Gasteiger charge is -2.12. The SMILES string of the molecule is Cc1cccc(S(=O)CC(=O)NC2CCCC2)c1N. The van der Waals surface area contributed by atoms with Crippen molar-refractivity contribution >= 4 is 22.4 Å². The largest absolute Gasteiger partial charge is 0.398 e. The van der Waals surface area contributed by atoms with Crippen LogP contribution in [0, 0.1) is 6.92 Å². The fourth-order valence-corrected chi connectivity index (χ4v) is 3.50. The Hall–Kier alpha value is -1.36. The monoisotopic (exact) mass is 280 g/mol. The van der Waals surface area contributed by atoms with Crippen molar-refractivity contribution in [1.29, 1.82) is 0 Å². The summed E-state index contributed by atoms with van der Waals surface area (Å²) in [6.45, 7) is 1.87. The number of aryl methyl sites for hydroxylation is 1. The van der Waals surface area contributed by atoms with Gasteiger partial charge in [-0.3, -0.25) is 9.00 Å². The molecule has 3 N–H and O–H groups in total. The maximum atomic E-state index is 12.2. The standard InChI is InChI=1S/C14H20N2O2S/c1-10-5-4-8-12(14(10)15)19(18)9-13(17)16-11-6-2-3-7-11/h4-5,8,11H,2-3,6-7,9,15H2,1H3,(H,16,17).